The number of hydrogen-bond acceptors (Lipinski definition) is 7. The van der Waals surface area contributed by atoms with Crippen LogP contribution in [0.4, 0.5) is 0 Å². The molecule has 4 aliphatic rings. The summed E-state index contributed by atoms with van der Waals surface area (Å²) in [6, 6.07) is 15.4. The van der Waals surface area contributed by atoms with E-state index < -0.39 is 18.2 Å². The Morgan fingerprint density at radius 3 is 2.52 bits per heavy atom. The van der Waals surface area contributed by atoms with Gasteiger partial charge >= 0.3 is 0 Å². The van der Waals surface area contributed by atoms with Crippen molar-refractivity contribution in [1.82, 2.24) is 15.1 Å². The molecular formula is C31H39N3O6. The number of nitrogens with one attached hydrogen (secondary N) is 1. The van der Waals surface area contributed by atoms with Crippen LogP contribution in [-0.4, -0.2) is 103 Å². The zero-order valence-corrected chi connectivity index (χ0v) is 22.9. The molecule has 9 nitrogen and oxygen atoms in total. The van der Waals surface area contributed by atoms with Crippen molar-refractivity contribution in [2.24, 2.45) is 0 Å². The smallest absolute Gasteiger partial charge is 0.258 e. The molecule has 2 amide bonds. The Balaban J connectivity index is 1.33. The number of rotatable bonds is 2. The van der Waals surface area contributed by atoms with E-state index in [1.165, 1.54) is 0 Å². The Morgan fingerprint density at radius 2 is 1.70 bits per heavy atom. The second-order valence-electron chi connectivity index (χ2n) is 11.3. The van der Waals surface area contributed by atoms with Crippen LogP contribution in [0.1, 0.15) is 42.5 Å². The summed E-state index contributed by atoms with van der Waals surface area (Å²) in [5.74, 6) is 0.0974. The Bertz CT molecular complexity index is 1190. The van der Waals surface area contributed by atoms with Crippen molar-refractivity contribution in [1.29, 1.82) is 0 Å². The van der Waals surface area contributed by atoms with Crippen LogP contribution in [0.2, 0.25) is 0 Å². The van der Waals surface area contributed by atoms with Gasteiger partial charge in [-0.3, -0.25) is 14.5 Å². The van der Waals surface area contributed by atoms with E-state index in [1.807, 2.05) is 48.5 Å². The Morgan fingerprint density at radius 1 is 0.875 bits per heavy atom. The quantitative estimate of drug-likeness (QED) is 0.594. The lowest BCUT2D eigenvalue weighted by molar-refractivity contribution is -0.136. The number of aliphatic hydroxyl groups excluding tert-OH is 1. The molecule has 4 heterocycles. The van der Waals surface area contributed by atoms with Crippen LogP contribution < -0.4 is 10.1 Å². The van der Waals surface area contributed by atoms with Crippen LogP contribution in [0.25, 0.3) is 11.1 Å². The molecule has 2 N–H and O–H groups in total. The van der Waals surface area contributed by atoms with Crippen molar-refractivity contribution >= 4 is 11.8 Å². The monoisotopic (exact) mass is 549 g/mol. The third kappa shape index (κ3) is 5.88. The van der Waals surface area contributed by atoms with E-state index in [9.17, 15) is 14.7 Å². The van der Waals surface area contributed by atoms with Crippen molar-refractivity contribution in [3.05, 3.63) is 54.1 Å². The molecule has 6 rings (SSSR count). The summed E-state index contributed by atoms with van der Waals surface area (Å²) in [7, 11) is 0. The lowest BCUT2D eigenvalue weighted by Crippen LogP contribution is -2.63. The molecule has 40 heavy (non-hydrogen) atoms. The highest BCUT2D eigenvalue weighted by atomic mass is 16.5. The molecule has 4 atom stereocenters. The third-order valence-corrected chi connectivity index (χ3v) is 8.76. The SMILES string of the molecule is O=C1NC[C@H]2O[C@H](CCOc3cc(-c4ccccc4)ccc3C(=O)N3CCN(C4CCOCC4)C[C@@H]13)CC[C@@H]2O. The van der Waals surface area contributed by atoms with Gasteiger partial charge in [-0.2, -0.15) is 0 Å². The van der Waals surface area contributed by atoms with Gasteiger partial charge in [0.25, 0.3) is 5.91 Å². The number of piperazine rings is 1. The van der Waals surface area contributed by atoms with Crippen molar-refractivity contribution < 1.29 is 28.9 Å². The van der Waals surface area contributed by atoms with Crippen LogP contribution in [0, 0.1) is 0 Å². The summed E-state index contributed by atoms with van der Waals surface area (Å²) in [4.78, 5) is 31.8. The molecule has 2 aromatic carbocycles. The standard InChI is InChI=1S/C31H39N3O6/c35-27-9-7-24-12-17-39-28-18-22(21-4-2-1-3-5-21)6-8-25(28)31(37)34-14-13-33(23-10-15-38-16-11-23)20-26(34)30(36)32-19-29(27)40-24/h1-6,8,18,23-24,26-27,29,35H,7,9-17,19-20H2,(H,32,36)/t24-,26-,27-,29+/m0/s1. The highest BCUT2D eigenvalue weighted by molar-refractivity contribution is 6.00. The van der Waals surface area contributed by atoms with Crippen LogP contribution >= 0.6 is 0 Å². The number of carbonyl (C=O) groups excluding carboxylic acids is 2. The zero-order chi connectivity index (χ0) is 27.5. The van der Waals surface area contributed by atoms with E-state index in [2.05, 4.69) is 10.2 Å². The maximum Gasteiger partial charge on any atom is 0.258 e. The molecule has 2 aromatic rings. The highest BCUT2D eigenvalue weighted by Gasteiger charge is 2.40. The molecule has 0 unspecified atom stereocenters. The second kappa shape index (κ2) is 12.3. The third-order valence-electron chi connectivity index (χ3n) is 8.76. The zero-order valence-electron chi connectivity index (χ0n) is 22.9. The van der Waals surface area contributed by atoms with Gasteiger partial charge < -0.3 is 29.5 Å². The minimum absolute atomic E-state index is 0.0834. The predicted molar refractivity (Wildman–Crippen MR) is 149 cm³/mol. The number of amides is 2. The normalized spacial score (nSPS) is 29.0. The summed E-state index contributed by atoms with van der Waals surface area (Å²) in [5, 5.41) is 13.6. The number of nitrogens with zero attached hydrogens (tertiary/aromatic N) is 2. The Kier molecular flexibility index (Phi) is 8.34. The minimum Gasteiger partial charge on any atom is -0.493 e. The van der Waals surface area contributed by atoms with Gasteiger partial charge in [0.05, 0.1) is 24.4 Å². The van der Waals surface area contributed by atoms with E-state index in [-0.39, 0.29) is 24.5 Å². The number of fused-ring (bicyclic) bond motifs is 4. The fourth-order valence-corrected chi connectivity index (χ4v) is 6.40. The molecule has 0 radical (unpaired) electrons. The Hall–Kier alpha value is -2.98. The van der Waals surface area contributed by atoms with E-state index in [0.717, 1.165) is 30.4 Å². The number of aliphatic hydroxyl groups is 1. The first-order valence-electron chi connectivity index (χ1n) is 14.6. The summed E-state index contributed by atoms with van der Waals surface area (Å²) in [5.41, 5.74) is 2.46. The molecule has 0 spiro atoms. The van der Waals surface area contributed by atoms with E-state index in [1.54, 1.807) is 4.90 Å². The van der Waals surface area contributed by atoms with E-state index >= 15 is 0 Å². The first kappa shape index (κ1) is 27.2. The van der Waals surface area contributed by atoms with Crippen LogP contribution in [0.5, 0.6) is 5.75 Å². The minimum atomic E-state index is -0.662. The average Bonchev–Trinajstić information content (AvgIpc) is 3.01. The lowest BCUT2D eigenvalue weighted by Gasteiger charge is -2.45. The molecule has 0 saturated carbocycles. The fourth-order valence-electron chi connectivity index (χ4n) is 6.40. The van der Waals surface area contributed by atoms with E-state index in [4.69, 9.17) is 14.2 Å². The van der Waals surface area contributed by atoms with Gasteiger partial charge in [0, 0.05) is 51.9 Å². The molecule has 9 heteroatoms. The molecule has 2 bridgehead atoms. The maximum absolute atomic E-state index is 14.1. The van der Waals surface area contributed by atoms with Crippen molar-refractivity contribution in [2.75, 3.05) is 46.0 Å². The van der Waals surface area contributed by atoms with E-state index in [0.29, 0.717) is 69.7 Å². The van der Waals surface area contributed by atoms with Gasteiger partial charge in [0.15, 0.2) is 0 Å². The maximum atomic E-state index is 14.1. The molecule has 0 aromatic heterocycles. The van der Waals surface area contributed by atoms with Crippen LogP contribution in [0.15, 0.2) is 48.5 Å². The summed E-state index contributed by atoms with van der Waals surface area (Å²) in [6.45, 7) is 3.63. The molecule has 3 fully saturated rings. The van der Waals surface area contributed by atoms with Gasteiger partial charge in [-0.05, 0) is 48.9 Å². The first-order chi connectivity index (χ1) is 19.6. The highest BCUT2D eigenvalue weighted by Crippen LogP contribution is 2.31. The van der Waals surface area contributed by atoms with Crippen molar-refractivity contribution in [2.45, 2.75) is 62.5 Å². The fraction of sp³-hybridized carbons (Fsp3) is 0.548. The predicted octanol–water partition coefficient (Wildman–Crippen LogP) is 2.47. The number of hydrogen-bond donors (Lipinski definition) is 2. The summed E-state index contributed by atoms with van der Waals surface area (Å²) >= 11 is 0. The van der Waals surface area contributed by atoms with Gasteiger partial charge in [0.1, 0.15) is 17.9 Å². The first-order valence-corrected chi connectivity index (χ1v) is 14.6. The largest absolute Gasteiger partial charge is 0.493 e. The van der Waals surface area contributed by atoms with Gasteiger partial charge in [-0.15, -0.1) is 0 Å². The molecular weight excluding hydrogens is 510 g/mol. The Labute approximate surface area is 235 Å². The van der Waals surface area contributed by atoms with Crippen molar-refractivity contribution in [3.8, 4) is 16.9 Å². The number of ether oxygens (including phenoxy) is 3. The average molecular weight is 550 g/mol. The molecule has 3 saturated heterocycles. The second-order valence-corrected chi connectivity index (χ2v) is 11.3. The molecule has 0 aliphatic carbocycles. The topological polar surface area (TPSA) is 101 Å². The number of carbonyl (C=O) groups is 2. The molecule has 4 aliphatic heterocycles. The van der Waals surface area contributed by atoms with Gasteiger partial charge in [-0.1, -0.05) is 36.4 Å². The summed E-state index contributed by atoms with van der Waals surface area (Å²) < 4.78 is 18.0. The van der Waals surface area contributed by atoms with Crippen LogP contribution in [0.3, 0.4) is 0 Å². The summed E-state index contributed by atoms with van der Waals surface area (Å²) in [6.07, 6.45) is 2.61. The van der Waals surface area contributed by atoms with Gasteiger partial charge in [0.2, 0.25) is 5.91 Å². The number of benzene rings is 2. The van der Waals surface area contributed by atoms with Gasteiger partial charge in [-0.25, -0.2) is 0 Å². The molecule has 214 valence electrons. The lowest BCUT2D eigenvalue weighted by atomic mass is 9.98. The van der Waals surface area contributed by atoms with Crippen LogP contribution in [-0.2, 0) is 14.3 Å². The van der Waals surface area contributed by atoms with Crippen molar-refractivity contribution in [3.63, 3.8) is 0 Å².